The second-order valence-corrected chi connectivity index (χ2v) is 5.68. The standard InChI is InChI=1S/C18H20N4O3/c1-21(10-9-20-16-7-2-3-8-19-16)17(23)14-5-4-6-15(13-14)22-11-12-25-18(22)24/h2-8,13H,9-12H2,1H3,(H,19,20). The molecule has 1 aliphatic heterocycles. The van der Waals surface area contributed by atoms with Gasteiger partial charge in [0.2, 0.25) is 0 Å². The number of amides is 2. The number of rotatable bonds is 6. The summed E-state index contributed by atoms with van der Waals surface area (Å²) < 4.78 is 4.94. The van der Waals surface area contributed by atoms with Crippen LogP contribution in [0.2, 0.25) is 0 Å². The molecular formula is C18H20N4O3. The summed E-state index contributed by atoms with van der Waals surface area (Å²) >= 11 is 0. The number of benzene rings is 1. The van der Waals surface area contributed by atoms with Gasteiger partial charge in [0.25, 0.3) is 5.91 Å². The van der Waals surface area contributed by atoms with Crippen molar-refractivity contribution in [2.75, 3.05) is 43.5 Å². The topological polar surface area (TPSA) is 74.8 Å². The zero-order chi connectivity index (χ0) is 17.6. The van der Waals surface area contributed by atoms with E-state index in [9.17, 15) is 9.59 Å². The summed E-state index contributed by atoms with van der Waals surface area (Å²) in [5.74, 6) is 0.676. The van der Waals surface area contributed by atoms with E-state index in [0.717, 1.165) is 5.82 Å². The molecule has 130 valence electrons. The fourth-order valence-electron chi connectivity index (χ4n) is 2.58. The molecule has 2 amide bonds. The first-order valence-electron chi connectivity index (χ1n) is 8.10. The number of ether oxygens (including phenoxy) is 1. The molecular weight excluding hydrogens is 320 g/mol. The lowest BCUT2D eigenvalue weighted by Crippen LogP contribution is -2.31. The van der Waals surface area contributed by atoms with Crippen molar-refractivity contribution in [2.45, 2.75) is 0 Å². The number of cyclic esters (lactones) is 1. The second kappa shape index (κ2) is 7.65. The lowest BCUT2D eigenvalue weighted by Gasteiger charge is -2.19. The van der Waals surface area contributed by atoms with Gasteiger partial charge in [-0.25, -0.2) is 9.78 Å². The van der Waals surface area contributed by atoms with Gasteiger partial charge >= 0.3 is 6.09 Å². The van der Waals surface area contributed by atoms with E-state index >= 15 is 0 Å². The van der Waals surface area contributed by atoms with Gasteiger partial charge in [0.1, 0.15) is 12.4 Å². The Morgan fingerprint density at radius 1 is 1.32 bits per heavy atom. The zero-order valence-electron chi connectivity index (χ0n) is 14.0. The van der Waals surface area contributed by atoms with E-state index < -0.39 is 0 Å². The van der Waals surface area contributed by atoms with Crippen molar-refractivity contribution in [1.29, 1.82) is 0 Å². The maximum Gasteiger partial charge on any atom is 0.414 e. The molecule has 0 unspecified atom stereocenters. The Balaban J connectivity index is 1.59. The van der Waals surface area contributed by atoms with E-state index in [-0.39, 0.29) is 12.0 Å². The number of carbonyl (C=O) groups excluding carboxylic acids is 2. The fourth-order valence-corrected chi connectivity index (χ4v) is 2.58. The summed E-state index contributed by atoms with van der Waals surface area (Å²) in [5, 5.41) is 3.17. The van der Waals surface area contributed by atoms with Gasteiger partial charge < -0.3 is 15.0 Å². The first-order valence-corrected chi connectivity index (χ1v) is 8.10. The van der Waals surface area contributed by atoms with Gasteiger partial charge in [0.05, 0.1) is 6.54 Å². The molecule has 0 atom stereocenters. The number of pyridine rings is 1. The quantitative estimate of drug-likeness (QED) is 0.873. The van der Waals surface area contributed by atoms with Crippen LogP contribution in [0, 0.1) is 0 Å². The summed E-state index contributed by atoms with van der Waals surface area (Å²) in [4.78, 5) is 31.6. The smallest absolute Gasteiger partial charge is 0.414 e. The number of nitrogens with one attached hydrogen (secondary N) is 1. The number of carbonyl (C=O) groups is 2. The minimum Gasteiger partial charge on any atom is -0.447 e. The van der Waals surface area contributed by atoms with Crippen molar-refractivity contribution < 1.29 is 14.3 Å². The number of hydrogen-bond donors (Lipinski definition) is 1. The van der Waals surface area contributed by atoms with Gasteiger partial charge in [-0.1, -0.05) is 12.1 Å². The van der Waals surface area contributed by atoms with Gasteiger partial charge in [0, 0.05) is 37.6 Å². The van der Waals surface area contributed by atoms with E-state index in [4.69, 9.17) is 4.74 Å². The molecule has 0 saturated carbocycles. The van der Waals surface area contributed by atoms with Crippen LogP contribution in [0.1, 0.15) is 10.4 Å². The average molecular weight is 340 g/mol. The van der Waals surface area contributed by atoms with Crippen LogP contribution >= 0.6 is 0 Å². The maximum absolute atomic E-state index is 12.6. The number of hydrogen-bond acceptors (Lipinski definition) is 5. The van der Waals surface area contributed by atoms with Gasteiger partial charge in [-0.3, -0.25) is 9.69 Å². The van der Waals surface area contributed by atoms with Crippen LogP contribution in [0.25, 0.3) is 0 Å². The summed E-state index contributed by atoms with van der Waals surface area (Å²) in [5.41, 5.74) is 1.21. The highest BCUT2D eigenvalue weighted by Gasteiger charge is 2.24. The number of nitrogens with zero attached hydrogens (tertiary/aromatic N) is 3. The maximum atomic E-state index is 12.6. The minimum atomic E-state index is -0.377. The molecule has 2 aromatic rings. The molecule has 0 spiro atoms. The minimum absolute atomic E-state index is 0.0998. The van der Waals surface area contributed by atoms with E-state index in [1.807, 2.05) is 18.2 Å². The van der Waals surface area contributed by atoms with Crippen LogP contribution in [0.4, 0.5) is 16.3 Å². The Labute approximate surface area is 146 Å². The predicted molar refractivity (Wildman–Crippen MR) is 94.8 cm³/mol. The van der Waals surface area contributed by atoms with Crippen LogP contribution in [-0.4, -0.2) is 55.2 Å². The SMILES string of the molecule is CN(CCNc1ccccn1)C(=O)c1cccc(N2CCOC2=O)c1. The van der Waals surface area contributed by atoms with Gasteiger partial charge in [0.15, 0.2) is 0 Å². The first kappa shape index (κ1) is 16.8. The van der Waals surface area contributed by atoms with Gasteiger partial charge in [-0.05, 0) is 30.3 Å². The molecule has 1 saturated heterocycles. The molecule has 1 aromatic carbocycles. The summed E-state index contributed by atoms with van der Waals surface area (Å²) in [6.07, 6.45) is 1.34. The van der Waals surface area contributed by atoms with Crippen molar-refractivity contribution in [2.24, 2.45) is 0 Å². The molecule has 1 aliphatic rings. The van der Waals surface area contributed by atoms with Crippen molar-refractivity contribution in [1.82, 2.24) is 9.88 Å². The van der Waals surface area contributed by atoms with Crippen molar-refractivity contribution in [3.05, 3.63) is 54.2 Å². The zero-order valence-corrected chi connectivity index (χ0v) is 14.0. The molecule has 2 heterocycles. The molecule has 25 heavy (non-hydrogen) atoms. The van der Waals surface area contributed by atoms with Crippen LogP contribution in [0.3, 0.4) is 0 Å². The van der Waals surface area contributed by atoms with Crippen molar-refractivity contribution in [3.8, 4) is 0 Å². The van der Waals surface area contributed by atoms with Crippen LogP contribution in [0.15, 0.2) is 48.7 Å². The van der Waals surface area contributed by atoms with Crippen LogP contribution in [-0.2, 0) is 4.74 Å². The number of aromatic nitrogens is 1. The highest BCUT2D eigenvalue weighted by molar-refractivity contribution is 5.97. The predicted octanol–water partition coefficient (Wildman–Crippen LogP) is 2.22. The summed E-state index contributed by atoms with van der Waals surface area (Å²) in [6.45, 7) is 2.00. The van der Waals surface area contributed by atoms with E-state index in [1.54, 1.807) is 42.4 Å². The monoisotopic (exact) mass is 340 g/mol. The largest absolute Gasteiger partial charge is 0.447 e. The molecule has 3 rings (SSSR count). The van der Waals surface area contributed by atoms with E-state index in [1.165, 1.54) is 4.90 Å². The molecule has 1 fully saturated rings. The molecule has 0 bridgehead atoms. The number of anilines is 2. The Kier molecular flexibility index (Phi) is 5.13. The molecule has 7 heteroatoms. The highest BCUT2D eigenvalue weighted by Crippen LogP contribution is 2.20. The molecule has 0 radical (unpaired) electrons. The third-order valence-corrected chi connectivity index (χ3v) is 3.93. The molecule has 1 N–H and O–H groups in total. The molecule has 7 nitrogen and oxygen atoms in total. The third-order valence-electron chi connectivity index (χ3n) is 3.93. The van der Waals surface area contributed by atoms with E-state index in [0.29, 0.717) is 37.5 Å². The van der Waals surface area contributed by atoms with E-state index in [2.05, 4.69) is 10.3 Å². The van der Waals surface area contributed by atoms with Gasteiger partial charge in [-0.2, -0.15) is 0 Å². The van der Waals surface area contributed by atoms with Crippen LogP contribution < -0.4 is 10.2 Å². The summed E-state index contributed by atoms with van der Waals surface area (Å²) in [7, 11) is 1.75. The van der Waals surface area contributed by atoms with Crippen LogP contribution in [0.5, 0.6) is 0 Å². The summed E-state index contributed by atoms with van der Waals surface area (Å²) in [6, 6.07) is 12.7. The lowest BCUT2D eigenvalue weighted by molar-refractivity contribution is 0.0800. The first-order chi connectivity index (χ1) is 12.1. The Morgan fingerprint density at radius 2 is 2.20 bits per heavy atom. The Morgan fingerprint density at radius 3 is 2.92 bits per heavy atom. The number of likely N-dealkylation sites (N-methyl/N-ethyl adjacent to an activating group) is 1. The highest BCUT2D eigenvalue weighted by atomic mass is 16.6. The normalized spacial score (nSPS) is 13.5. The average Bonchev–Trinajstić information content (AvgIpc) is 3.08. The fraction of sp³-hybridized carbons (Fsp3) is 0.278. The molecule has 0 aliphatic carbocycles. The van der Waals surface area contributed by atoms with Gasteiger partial charge in [-0.15, -0.1) is 0 Å². The second-order valence-electron chi connectivity index (χ2n) is 5.68. The van der Waals surface area contributed by atoms with Crippen molar-refractivity contribution in [3.63, 3.8) is 0 Å². The third kappa shape index (κ3) is 4.06. The van der Waals surface area contributed by atoms with Crippen molar-refractivity contribution >= 4 is 23.5 Å². The molecule has 1 aromatic heterocycles. The Hall–Kier alpha value is -3.09. The Bertz CT molecular complexity index is 751. The lowest BCUT2D eigenvalue weighted by atomic mass is 10.1.